The molecule has 1 aromatic carbocycles. The first-order valence-corrected chi connectivity index (χ1v) is 11.7. The molecule has 0 radical (unpaired) electrons. The zero-order valence-electron chi connectivity index (χ0n) is 17.5. The summed E-state index contributed by atoms with van der Waals surface area (Å²) in [6.45, 7) is 7.71. The number of nitrogens with zero attached hydrogens (tertiary/aromatic N) is 3. The number of amides is 1. The van der Waals surface area contributed by atoms with Crippen LogP contribution in [-0.2, 0) is 11.3 Å². The molecule has 1 aromatic heterocycles. The van der Waals surface area contributed by atoms with E-state index >= 15 is 0 Å². The van der Waals surface area contributed by atoms with Crippen LogP contribution in [0.4, 0.5) is 5.95 Å². The molecule has 0 bridgehead atoms. The molecule has 3 rings (SSSR count). The molecule has 0 spiro atoms. The van der Waals surface area contributed by atoms with Crippen LogP contribution in [0.2, 0.25) is 10.0 Å². The van der Waals surface area contributed by atoms with E-state index in [0.29, 0.717) is 10.0 Å². The number of nitrogens with one attached hydrogen (secondary N) is 1. The molecule has 1 aliphatic rings. The Morgan fingerprint density at radius 2 is 1.79 bits per heavy atom. The van der Waals surface area contributed by atoms with Crippen LogP contribution in [0.5, 0.6) is 0 Å². The minimum absolute atomic E-state index is 0.102. The molecular formula is C22H32Cl2N4O. The van der Waals surface area contributed by atoms with Gasteiger partial charge in [0, 0.05) is 32.1 Å². The standard InChI is InChI=1S/C22H32Cl2N4O/c1-3-5-7-11-28-20-15-18(24)17(23)14-19(20)26-22(28)27-12-8-16(9-13-27)21(29)25-10-6-4-2/h14-16H,3-13H2,1-2H3,(H,25,29). The van der Waals surface area contributed by atoms with Gasteiger partial charge in [-0.05, 0) is 37.8 Å². The third-order valence-corrected chi connectivity index (χ3v) is 6.46. The van der Waals surface area contributed by atoms with Crippen LogP contribution in [0.25, 0.3) is 11.0 Å². The summed E-state index contributed by atoms with van der Waals surface area (Å²) in [5.74, 6) is 1.28. The van der Waals surface area contributed by atoms with Gasteiger partial charge in [0.05, 0.1) is 21.1 Å². The number of anilines is 1. The lowest BCUT2D eigenvalue weighted by Gasteiger charge is -2.32. The first-order chi connectivity index (χ1) is 14.0. The summed E-state index contributed by atoms with van der Waals surface area (Å²) in [4.78, 5) is 19.6. The Morgan fingerprint density at radius 3 is 2.48 bits per heavy atom. The SMILES string of the molecule is CCCCCn1c(N2CCC(C(=O)NCCCC)CC2)nc2cc(Cl)c(Cl)cc21. The Balaban J connectivity index is 1.75. The number of carbonyl (C=O) groups excluding carboxylic acids is 1. The number of aryl methyl sites for hydroxylation is 1. The van der Waals surface area contributed by atoms with Crippen LogP contribution in [-0.4, -0.2) is 35.1 Å². The highest BCUT2D eigenvalue weighted by molar-refractivity contribution is 6.42. The highest BCUT2D eigenvalue weighted by Crippen LogP contribution is 2.32. The second kappa shape index (κ2) is 10.5. The molecule has 1 aliphatic heterocycles. The molecule has 1 saturated heterocycles. The van der Waals surface area contributed by atoms with Crippen molar-refractivity contribution < 1.29 is 4.79 Å². The maximum Gasteiger partial charge on any atom is 0.223 e. The van der Waals surface area contributed by atoms with E-state index in [1.54, 1.807) is 0 Å². The van der Waals surface area contributed by atoms with E-state index in [2.05, 4.69) is 28.6 Å². The molecule has 160 valence electrons. The molecule has 1 fully saturated rings. The first-order valence-electron chi connectivity index (χ1n) is 10.9. The van der Waals surface area contributed by atoms with Gasteiger partial charge in [-0.1, -0.05) is 56.3 Å². The molecule has 2 aromatic rings. The molecule has 0 saturated carbocycles. The minimum atomic E-state index is 0.102. The van der Waals surface area contributed by atoms with Crippen molar-refractivity contribution in [1.29, 1.82) is 0 Å². The summed E-state index contributed by atoms with van der Waals surface area (Å²) in [5.41, 5.74) is 1.91. The lowest BCUT2D eigenvalue weighted by Crippen LogP contribution is -2.41. The van der Waals surface area contributed by atoms with Gasteiger partial charge in [-0.25, -0.2) is 4.98 Å². The predicted molar refractivity (Wildman–Crippen MR) is 122 cm³/mol. The van der Waals surface area contributed by atoms with Gasteiger partial charge in [-0.3, -0.25) is 4.79 Å². The van der Waals surface area contributed by atoms with Gasteiger partial charge in [0.1, 0.15) is 0 Å². The molecule has 7 heteroatoms. The van der Waals surface area contributed by atoms with E-state index in [9.17, 15) is 4.79 Å². The van der Waals surface area contributed by atoms with Gasteiger partial charge >= 0.3 is 0 Å². The van der Waals surface area contributed by atoms with Crippen LogP contribution in [0, 0.1) is 5.92 Å². The molecule has 2 heterocycles. The minimum Gasteiger partial charge on any atom is -0.356 e. The highest BCUT2D eigenvalue weighted by Gasteiger charge is 2.27. The molecule has 1 amide bonds. The average molecular weight is 439 g/mol. The molecule has 0 unspecified atom stereocenters. The van der Waals surface area contributed by atoms with E-state index in [0.717, 1.165) is 75.3 Å². The van der Waals surface area contributed by atoms with Crippen molar-refractivity contribution in [2.45, 2.75) is 65.3 Å². The van der Waals surface area contributed by atoms with Crippen LogP contribution in [0.3, 0.4) is 0 Å². The lowest BCUT2D eigenvalue weighted by molar-refractivity contribution is -0.125. The number of hydrogen-bond donors (Lipinski definition) is 1. The van der Waals surface area contributed by atoms with E-state index in [1.165, 1.54) is 12.8 Å². The molecule has 29 heavy (non-hydrogen) atoms. The topological polar surface area (TPSA) is 50.2 Å². The van der Waals surface area contributed by atoms with E-state index in [4.69, 9.17) is 28.2 Å². The normalized spacial score (nSPS) is 15.2. The summed E-state index contributed by atoms with van der Waals surface area (Å²) in [6, 6.07) is 3.78. The molecular weight excluding hydrogens is 407 g/mol. The number of halogens is 2. The van der Waals surface area contributed by atoms with Crippen molar-refractivity contribution >= 4 is 46.1 Å². The van der Waals surface area contributed by atoms with Gasteiger partial charge < -0.3 is 14.8 Å². The fourth-order valence-corrected chi connectivity index (χ4v) is 4.28. The Bertz CT molecular complexity index is 828. The van der Waals surface area contributed by atoms with Crippen LogP contribution in [0.1, 0.15) is 58.8 Å². The third kappa shape index (κ3) is 5.37. The van der Waals surface area contributed by atoms with Crippen molar-refractivity contribution in [3.63, 3.8) is 0 Å². The maximum atomic E-state index is 12.4. The Labute approximate surface area is 183 Å². The molecule has 1 N–H and O–H groups in total. The average Bonchev–Trinajstić information content (AvgIpc) is 3.06. The number of unbranched alkanes of at least 4 members (excludes halogenated alkanes) is 3. The zero-order chi connectivity index (χ0) is 20.8. The van der Waals surface area contributed by atoms with Gasteiger partial charge in [0.2, 0.25) is 11.9 Å². The summed E-state index contributed by atoms with van der Waals surface area (Å²) in [6.07, 6.45) is 7.31. The number of aromatic nitrogens is 2. The number of fused-ring (bicyclic) bond motifs is 1. The summed E-state index contributed by atoms with van der Waals surface area (Å²) >= 11 is 12.5. The zero-order valence-corrected chi connectivity index (χ0v) is 19.0. The number of piperidine rings is 1. The van der Waals surface area contributed by atoms with Gasteiger partial charge in [-0.2, -0.15) is 0 Å². The smallest absolute Gasteiger partial charge is 0.223 e. The largest absolute Gasteiger partial charge is 0.356 e. The molecule has 0 aliphatic carbocycles. The number of hydrogen-bond acceptors (Lipinski definition) is 3. The van der Waals surface area contributed by atoms with Gasteiger partial charge in [-0.15, -0.1) is 0 Å². The van der Waals surface area contributed by atoms with Crippen molar-refractivity contribution in [2.75, 3.05) is 24.5 Å². The van der Waals surface area contributed by atoms with Gasteiger partial charge in [0.15, 0.2) is 0 Å². The molecule has 5 nitrogen and oxygen atoms in total. The fourth-order valence-electron chi connectivity index (χ4n) is 3.96. The highest BCUT2D eigenvalue weighted by atomic mass is 35.5. The Hall–Kier alpha value is -1.46. The predicted octanol–water partition coefficient (Wildman–Crippen LogP) is 5.67. The summed E-state index contributed by atoms with van der Waals surface area (Å²) in [7, 11) is 0. The van der Waals surface area contributed by atoms with E-state index in [1.807, 2.05) is 12.1 Å². The second-order valence-electron chi connectivity index (χ2n) is 7.93. The summed E-state index contributed by atoms with van der Waals surface area (Å²) in [5, 5.41) is 4.17. The van der Waals surface area contributed by atoms with Crippen LogP contribution >= 0.6 is 23.2 Å². The van der Waals surface area contributed by atoms with Crippen molar-refractivity contribution in [1.82, 2.24) is 14.9 Å². The summed E-state index contributed by atoms with van der Waals surface area (Å²) < 4.78 is 2.27. The Kier molecular flexibility index (Phi) is 8.07. The van der Waals surface area contributed by atoms with Crippen molar-refractivity contribution in [2.24, 2.45) is 5.92 Å². The Morgan fingerprint density at radius 1 is 1.10 bits per heavy atom. The number of rotatable bonds is 9. The number of benzene rings is 1. The van der Waals surface area contributed by atoms with E-state index in [-0.39, 0.29) is 11.8 Å². The third-order valence-electron chi connectivity index (χ3n) is 5.73. The first kappa shape index (κ1) is 22.2. The fraction of sp³-hybridized carbons (Fsp3) is 0.636. The lowest BCUT2D eigenvalue weighted by atomic mass is 9.96. The van der Waals surface area contributed by atoms with Gasteiger partial charge in [0.25, 0.3) is 0 Å². The number of imidazole rings is 1. The van der Waals surface area contributed by atoms with Crippen molar-refractivity contribution in [3.8, 4) is 0 Å². The van der Waals surface area contributed by atoms with Crippen molar-refractivity contribution in [3.05, 3.63) is 22.2 Å². The maximum absolute atomic E-state index is 12.4. The monoisotopic (exact) mass is 438 g/mol. The van der Waals surface area contributed by atoms with Crippen LogP contribution < -0.4 is 10.2 Å². The number of carbonyl (C=O) groups is 1. The quantitative estimate of drug-likeness (QED) is 0.513. The van der Waals surface area contributed by atoms with Crippen LogP contribution in [0.15, 0.2) is 12.1 Å². The second-order valence-corrected chi connectivity index (χ2v) is 8.75. The molecule has 0 atom stereocenters. The van der Waals surface area contributed by atoms with E-state index < -0.39 is 0 Å².